The van der Waals surface area contributed by atoms with Gasteiger partial charge in [-0.25, -0.2) is 8.78 Å². The van der Waals surface area contributed by atoms with Gasteiger partial charge in [-0.1, -0.05) is 30.3 Å². The number of hydrogen-bond acceptors (Lipinski definition) is 3. The number of nitrogens with zero attached hydrogens (tertiary/aromatic N) is 2. The van der Waals surface area contributed by atoms with Crippen molar-refractivity contribution < 1.29 is 17.2 Å². The van der Waals surface area contributed by atoms with E-state index in [1.54, 1.807) is 0 Å². The van der Waals surface area contributed by atoms with E-state index in [-0.39, 0.29) is 18.5 Å². The van der Waals surface area contributed by atoms with Gasteiger partial charge in [-0.3, -0.25) is 0 Å². The van der Waals surface area contributed by atoms with Crippen LogP contribution in [0, 0.1) is 11.6 Å². The monoisotopic (exact) mass is 407 g/mol. The molecule has 5 nitrogen and oxygen atoms in total. The number of rotatable bonds is 5. The van der Waals surface area contributed by atoms with E-state index in [4.69, 9.17) is 0 Å². The van der Waals surface area contributed by atoms with Gasteiger partial charge < -0.3 is 5.32 Å². The van der Waals surface area contributed by atoms with Crippen LogP contribution < -0.4 is 5.32 Å². The van der Waals surface area contributed by atoms with Gasteiger partial charge in [-0.15, -0.1) is 0 Å². The third kappa shape index (κ3) is 3.76. The van der Waals surface area contributed by atoms with Crippen molar-refractivity contribution in [2.45, 2.75) is 24.8 Å². The molecule has 0 radical (unpaired) electrons. The van der Waals surface area contributed by atoms with E-state index < -0.39 is 21.8 Å². The zero-order valence-corrected chi connectivity index (χ0v) is 16.2. The minimum absolute atomic E-state index is 0.0910. The molecule has 2 aliphatic rings. The lowest BCUT2D eigenvalue weighted by atomic mass is 9.94. The predicted octanol–water partition coefficient (Wildman–Crippen LogP) is 3.19. The Morgan fingerprint density at radius 1 is 0.893 bits per heavy atom. The molecule has 1 N–H and O–H groups in total. The molecule has 150 valence electrons. The lowest BCUT2D eigenvalue weighted by Crippen LogP contribution is -2.42. The molecule has 0 saturated carbocycles. The molecule has 0 aliphatic carbocycles. The Morgan fingerprint density at radius 2 is 1.61 bits per heavy atom. The normalized spacial score (nSPS) is 23.9. The SMILES string of the molecule is O=S(=O)(N1CCCC1)N1C[C@@H](Nc2ccc(F)c(F)c2)[C@H](c2ccccc2)C1. The summed E-state index contributed by atoms with van der Waals surface area (Å²) < 4.78 is 56.0. The van der Waals surface area contributed by atoms with E-state index in [2.05, 4.69) is 5.32 Å². The maximum Gasteiger partial charge on any atom is 0.282 e. The van der Waals surface area contributed by atoms with E-state index in [1.165, 1.54) is 14.7 Å². The first-order valence-corrected chi connectivity index (χ1v) is 10.9. The van der Waals surface area contributed by atoms with E-state index >= 15 is 0 Å². The summed E-state index contributed by atoms with van der Waals surface area (Å²) in [4.78, 5) is 0. The van der Waals surface area contributed by atoms with Crippen LogP contribution in [-0.2, 0) is 10.2 Å². The largest absolute Gasteiger partial charge is 0.380 e. The fourth-order valence-electron chi connectivity index (χ4n) is 4.02. The molecule has 0 aromatic heterocycles. The van der Waals surface area contributed by atoms with Crippen molar-refractivity contribution in [3.8, 4) is 0 Å². The van der Waals surface area contributed by atoms with Crippen LogP contribution in [0.15, 0.2) is 48.5 Å². The molecule has 2 heterocycles. The molecule has 8 heteroatoms. The first-order valence-electron chi connectivity index (χ1n) is 9.47. The summed E-state index contributed by atoms with van der Waals surface area (Å²) in [7, 11) is -3.53. The van der Waals surface area contributed by atoms with Gasteiger partial charge in [0.05, 0.1) is 0 Å². The highest BCUT2D eigenvalue weighted by molar-refractivity contribution is 7.86. The topological polar surface area (TPSA) is 52.7 Å². The van der Waals surface area contributed by atoms with Gasteiger partial charge in [0, 0.05) is 49.9 Å². The summed E-state index contributed by atoms with van der Waals surface area (Å²) in [6.45, 7) is 1.73. The highest BCUT2D eigenvalue weighted by Crippen LogP contribution is 2.33. The van der Waals surface area contributed by atoms with Crippen LogP contribution in [0.5, 0.6) is 0 Å². The highest BCUT2D eigenvalue weighted by Gasteiger charge is 2.42. The van der Waals surface area contributed by atoms with Gasteiger partial charge in [0.15, 0.2) is 11.6 Å². The van der Waals surface area contributed by atoms with Gasteiger partial charge in [-0.2, -0.15) is 17.0 Å². The van der Waals surface area contributed by atoms with Crippen molar-refractivity contribution >= 4 is 15.9 Å². The average molecular weight is 407 g/mol. The quantitative estimate of drug-likeness (QED) is 0.828. The zero-order chi connectivity index (χ0) is 19.7. The van der Waals surface area contributed by atoms with Gasteiger partial charge in [0.2, 0.25) is 0 Å². The lowest BCUT2D eigenvalue weighted by Gasteiger charge is -2.23. The molecule has 28 heavy (non-hydrogen) atoms. The first kappa shape index (κ1) is 19.3. The molecule has 4 rings (SSSR count). The fraction of sp³-hybridized carbons (Fsp3) is 0.400. The van der Waals surface area contributed by atoms with Crippen LogP contribution in [0.1, 0.15) is 24.3 Å². The predicted molar refractivity (Wildman–Crippen MR) is 104 cm³/mol. The van der Waals surface area contributed by atoms with Crippen molar-refractivity contribution in [1.29, 1.82) is 0 Å². The van der Waals surface area contributed by atoms with Crippen molar-refractivity contribution in [3.05, 3.63) is 65.7 Å². The fourth-order valence-corrected chi connectivity index (χ4v) is 5.77. The second-order valence-corrected chi connectivity index (χ2v) is 9.26. The number of benzene rings is 2. The van der Waals surface area contributed by atoms with E-state index in [9.17, 15) is 17.2 Å². The number of hydrogen-bond donors (Lipinski definition) is 1. The molecular formula is C20H23F2N3O2S. The molecular weight excluding hydrogens is 384 g/mol. The Hall–Kier alpha value is -2.03. The lowest BCUT2D eigenvalue weighted by molar-refractivity contribution is 0.394. The maximum absolute atomic E-state index is 13.6. The molecule has 2 fully saturated rings. The van der Waals surface area contributed by atoms with Crippen LogP contribution in [0.25, 0.3) is 0 Å². The molecule has 2 aliphatic heterocycles. The smallest absolute Gasteiger partial charge is 0.282 e. The molecule has 2 saturated heterocycles. The number of anilines is 1. The summed E-state index contributed by atoms with van der Waals surface area (Å²) in [6, 6.07) is 13.1. The minimum atomic E-state index is -3.53. The summed E-state index contributed by atoms with van der Waals surface area (Å²) in [5, 5.41) is 3.22. The second-order valence-electron chi connectivity index (χ2n) is 7.33. The highest BCUT2D eigenvalue weighted by atomic mass is 32.2. The van der Waals surface area contributed by atoms with E-state index in [0.29, 0.717) is 25.3 Å². The third-order valence-corrected chi connectivity index (χ3v) is 7.47. The molecule has 0 amide bonds. The van der Waals surface area contributed by atoms with Gasteiger partial charge >= 0.3 is 0 Å². The van der Waals surface area contributed by atoms with Gasteiger partial charge in [-0.05, 0) is 30.5 Å². The summed E-state index contributed by atoms with van der Waals surface area (Å²) >= 11 is 0. The molecule has 2 aromatic carbocycles. The molecule has 0 spiro atoms. The Bertz CT molecular complexity index is 934. The Balaban J connectivity index is 1.61. The minimum Gasteiger partial charge on any atom is -0.380 e. The third-order valence-electron chi connectivity index (χ3n) is 5.50. The summed E-state index contributed by atoms with van der Waals surface area (Å²) in [5.41, 5.74) is 1.45. The maximum atomic E-state index is 13.6. The average Bonchev–Trinajstić information content (AvgIpc) is 3.36. The van der Waals surface area contributed by atoms with Crippen LogP contribution >= 0.6 is 0 Å². The Morgan fingerprint density at radius 3 is 2.29 bits per heavy atom. The molecule has 2 atom stereocenters. The second kappa shape index (κ2) is 7.77. The number of nitrogens with one attached hydrogen (secondary N) is 1. The Labute approximate surface area is 164 Å². The van der Waals surface area contributed by atoms with Crippen LogP contribution in [-0.4, -0.2) is 49.2 Å². The van der Waals surface area contributed by atoms with E-state index in [0.717, 1.165) is 30.5 Å². The van der Waals surface area contributed by atoms with Gasteiger partial charge in [0.1, 0.15) is 0 Å². The van der Waals surface area contributed by atoms with Crippen molar-refractivity contribution in [2.24, 2.45) is 0 Å². The number of halogens is 2. The van der Waals surface area contributed by atoms with E-state index in [1.807, 2.05) is 30.3 Å². The van der Waals surface area contributed by atoms with Crippen LogP contribution in [0.2, 0.25) is 0 Å². The van der Waals surface area contributed by atoms with Crippen LogP contribution in [0.3, 0.4) is 0 Å². The van der Waals surface area contributed by atoms with Gasteiger partial charge in [0.25, 0.3) is 10.2 Å². The van der Waals surface area contributed by atoms with Crippen LogP contribution in [0.4, 0.5) is 14.5 Å². The molecule has 0 unspecified atom stereocenters. The summed E-state index contributed by atoms with van der Waals surface area (Å²) in [6.07, 6.45) is 1.76. The molecule has 0 bridgehead atoms. The summed E-state index contributed by atoms with van der Waals surface area (Å²) in [5.74, 6) is -1.93. The Kier molecular flexibility index (Phi) is 5.35. The van der Waals surface area contributed by atoms with Crippen molar-refractivity contribution in [3.63, 3.8) is 0 Å². The first-order chi connectivity index (χ1) is 13.4. The zero-order valence-electron chi connectivity index (χ0n) is 15.4. The standard InChI is InChI=1S/C20H23F2N3O2S/c21-18-9-8-16(12-19(18)22)23-20-14-25(28(26,27)24-10-4-5-11-24)13-17(20)15-6-2-1-3-7-15/h1-3,6-9,12,17,20,23H,4-5,10-11,13-14H2/t17-,20+/m0/s1. The van der Waals surface area contributed by atoms with Crippen molar-refractivity contribution in [1.82, 2.24) is 8.61 Å². The van der Waals surface area contributed by atoms with Crippen molar-refractivity contribution in [2.75, 3.05) is 31.5 Å². The molecule has 2 aromatic rings.